The maximum Gasteiger partial charge on any atom is 0.310 e. The lowest BCUT2D eigenvalue weighted by atomic mass is 9.94. The van der Waals surface area contributed by atoms with Crippen LogP contribution in [0.4, 0.5) is 0 Å². The van der Waals surface area contributed by atoms with Crippen LogP contribution < -0.4 is 18.9 Å². The molecule has 0 amide bonds. The third-order valence-corrected chi connectivity index (χ3v) is 4.83. The molecule has 0 fully saturated rings. The fraction of sp³-hybridized carbons (Fsp3) is 0.261. The lowest BCUT2D eigenvalue weighted by Crippen LogP contribution is -2.19. The van der Waals surface area contributed by atoms with Gasteiger partial charge in [0.2, 0.25) is 0 Å². The van der Waals surface area contributed by atoms with Crippen LogP contribution in [0.2, 0.25) is 0 Å². The first-order valence-corrected chi connectivity index (χ1v) is 9.71. The molecule has 0 bridgehead atoms. The van der Waals surface area contributed by atoms with Gasteiger partial charge in [0.05, 0.1) is 38.9 Å². The number of esters is 1. The number of carbonyl (C=O) groups is 1. The van der Waals surface area contributed by atoms with Crippen LogP contribution in [0, 0.1) is 10.1 Å². The highest BCUT2D eigenvalue weighted by atomic mass is 16.7. The summed E-state index contributed by atoms with van der Waals surface area (Å²) in [7, 11) is 5.86. The van der Waals surface area contributed by atoms with Crippen LogP contribution in [0.5, 0.6) is 23.0 Å². The van der Waals surface area contributed by atoms with Crippen molar-refractivity contribution in [1.82, 2.24) is 0 Å². The van der Waals surface area contributed by atoms with E-state index in [1.54, 1.807) is 36.4 Å². The second-order valence-corrected chi connectivity index (χ2v) is 6.83. The summed E-state index contributed by atoms with van der Waals surface area (Å²) in [6, 6.07) is 9.64. The van der Waals surface area contributed by atoms with Crippen LogP contribution in [0.25, 0.3) is 11.1 Å². The van der Waals surface area contributed by atoms with Crippen molar-refractivity contribution in [2.24, 2.45) is 0 Å². The predicted molar refractivity (Wildman–Crippen MR) is 118 cm³/mol. The molecule has 0 aliphatic carbocycles. The zero-order valence-electron chi connectivity index (χ0n) is 18.8. The fourth-order valence-corrected chi connectivity index (χ4v) is 3.35. The number of nitrogens with zero attached hydrogens (tertiary/aromatic N) is 1. The van der Waals surface area contributed by atoms with Crippen molar-refractivity contribution in [3.63, 3.8) is 0 Å². The highest BCUT2D eigenvalue weighted by Crippen LogP contribution is 2.41. The third-order valence-electron chi connectivity index (χ3n) is 4.83. The van der Waals surface area contributed by atoms with Crippen molar-refractivity contribution in [2.75, 3.05) is 35.0 Å². The van der Waals surface area contributed by atoms with Gasteiger partial charge in [0, 0.05) is 24.6 Å². The van der Waals surface area contributed by atoms with Gasteiger partial charge in [-0.25, -0.2) is 0 Å². The molecule has 0 atom stereocenters. The molecule has 3 rings (SSSR count). The van der Waals surface area contributed by atoms with E-state index in [2.05, 4.69) is 0 Å². The number of rotatable bonds is 8. The van der Waals surface area contributed by atoms with Crippen LogP contribution in [0.3, 0.4) is 0 Å². The minimum Gasteiger partial charge on any atom is -0.497 e. The highest BCUT2D eigenvalue weighted by Gasteiger charge is 2.37. The van der Waals surface area contributed by atoms with Crippen molar-refractivity contribution < 1.29 is 38.1 Å². The number of allylic oxidation sites excluding steroid dienone is 1. The Morgan fingerprint density at radius 3 is 1.70 bits per heavy atom. The molecule has 2 aromatic rings. The summed E-state index contributed by atoms with van der Waals surface area (Å²) < 4.78 is 32.1. The van der Waals surface area contributed by atoms with E-state index in [1.807, 2.05) is 0 Å². The number of hydrogen-bond donors (Lipinski definition) is 0. The quantitative estimate of drug-likeness (QED) is 0.332. The summed E-state index contributed by atoms with van der Waals surface area (Å²) in [5.41, 5.74) is 0.664. The molecule has 10 nitrogen and oxygen atoms in total. The number of hydrogen-bond acceptors (Lipinski definition) is 9. The molecule has 0 radical (unpaired) electrons. The number of ether oxygens (including phenoxy) is 6. The van der Waals surface area contributed by atoms with E-state index < -0.39 is 10.9 Å². The zero-order chi connectivity index (χ0) is 24.1. The monoisotopic (exact) mass is 457 g/mol. The molecule has 0 spiro atoms. The summed E-state index contributed by atoms with van der Waals surface area (Å²) in [5.74, 6) is 0.682. The van der Waals surface area contributed by atoms with Gasteiger partial charge in [-0.05, 0) is 29.8 Å². The number of benzene rings is 2. The molecule has 1 aliphatic heterocycles. The topological polar surface area (TPSA) is 116 Å². The molecule has 1 heterocycles. The molecule has 10 heteroatoms. The van der Waals surface area contributed by atoms with Gasteiger partial charge < -0.3 is 28.4 Å². The Hall–Kier alpha value is -4.21. The van der Waals surface area contributed by atoms with Crippen molar-refractivity contribution >= 4 is 17.1 Å². The van der Waals surface area contributed by atoms with Crippen LogP contribution in [0.15, 0.2) is 48.0 Å². The van der Waals surface area contributed by atoms with Gasteiger partial charge in [-0.15, -0.1) is 0 Å². The van der Waals surface area contributed by atoms with E-state index in [0.29, 0.717) is 34.1 Å². The van der Waals surface area contributed by atoms with Gasteiger partial charge >= 0.3 is 11.9 Å². The number of methoxy groups -OCH3 is 4. The fourth-order valence-electron chi connectivity index (χ4n) is 3.35. The molecular formula is C23H23NO9. The summed E-state index contributed by atoms with van der Waals surface area (Å²) >= 11 is 0. The first-order chi connectivity index (χ1) is 15.8. The van der Waals surface area contributed by atoms with Crippen molar-refractivity contribution in [1.29, 1.82) is 0 Å². The molecule has 0 N–H and O–H groups in total. The maximum atomic E-state index is 12.4. The van der Waals surface area contributed by atoms with Gasteiger partial charge in [-0.1, -0.05) is 0 Å². The Morgan fingerprint density at radius 2 is 1.30 bits per heavy atom. The van der Waals surface area contributed by atoms with Gasteiger partial charge in [-0.2, -0.15) is 0 Å². The number of nitro groups is 1. The summed E-state index contributed by atoms with van der Waals surface area (Å²) in [6.07, 6.45) is 0. The normalized spacial score (nSPS) is 13.2. The maximum absolute atomic E-state index is 12.4. The molecule has 33 heavy (non-hydrogen) atoms. The van der Waals surface area contributed by atoms with Crippen molar-refractivity contribution in [2.45, 2.75) is 6.92 Å². The highest BCUT2D eigenvalue weighted by molar-refractivity contribution is 5.91. The molecule has 0 saturated carbocycles. The lowest BCUT2D eigenvalue weighted by Gasteiger charge is -2.22. The largest absolute Gasteiger partial charge is 0.497 e. The minimum absolute atomic E-state index is 0.0320. The molecule has 1 aliphatic rings. The second kappa shape index (κ2) is 9.94. The van der Waals surface area contributed by atoms with Crippen LogP contribution in [0.1, 0.15) is 18.1 Å². The Bertz CT molecular complexity index is 1110. The van der Waals surface area contributed by atoms with Crippen LogP contribution in [-0.4, -0.2) is 45.9 Å². The average Bonchev–Trinajstić information content (AvgIpc) is 2.82. The molecule has 2 aromatic carbocycles. The van der Waals surface area contributed by atoms with E-state index in [4.69, 9.17) is 28.4 Å². The van der Waals surface area contributed by atoms with E-state index in [-0.39, 0.29) is 29.4 Å². The molecule has 174 valence electrons. The Labute approximate surface area is 190 Å². The predicted octanol–water partition coefficient (Wildman–Crippen LogP) is 3.67. The van der Waals surface area contributed by atoms with Gasteiger partial charge in [0.1, 0.15) is 35.2 Å². The van der Waals surface area contributed by atoms with Gasteiger partial charge in [0.25, 0.3) is 5.70 Å². The molecular weight excluding hydrogens is 434 g/mol. The van der Waals surface area contributed by atoms with Crippen molar-refractivity contribution in [3.8, 4) is 23.0 Å². The average molecular weight is 457 g/mol. The standard InChI is InChI=1S/C23H23NO9/c1-13(25)33-23-21(15-8-18(30-4)11-19(9-15)31-5)22(24(26)27)20(12-32-23)14-6-16(28-2)10-17(7-14)29-3/h6-11H,12H2,1-5H3. The van der Waals surface area contributed by atoms with E-state index >= 15 is 0 Å². The van der Waals surface area contributed by atoms with E-state index in [9.17, 15) is 14.9 Å². The van der Waals surface area contributed by atoms with E-state index in [1.165, 1.54) is 35.4 Å². The third kappa shape index (κ3) is 5.00. The Kier molecular flexibility index (Phi) is 7.07. The smallest absolute Gasteiger partial charge is 0.310 e. The zero-order valence-corrected chi connectivity index (χ0v) is 18.8. The first kappa shape index (κ1) is 23.5. The molecule has 0 saturated heterocycles. The first-order valence-electron chi connectivity index (χ1n) is 9.71. The molecule has 0 unspecified atom stereocenters. The summed E-state index contributed by atoms with van der Waals surface area (Å²) in [5, 5.41) is 12.4. The van der Waals surface area contributed by atoms with E-state index in [0.717, 1.165) is 0 Å². The Balaban J connectivity index is 2.35. The van der Waals surface area contributed by atoms with Crippen LogP contribution in [-0.2, 0) is 14.3 Å². The molecule has 0 aromatic heterocycles. The second-order valence-electron chi connectivity index (χ2n) is 6.83. The van der Waals surface area contributed by atoms with Gasteiger partial charge in [0.15, 0.2) is 0 Å². The summed E-state index contributed by atoms with van der Waals surface area (Å²) in [6.45, 7) is 0.956. The number of carbonyl (C=O) groups excluding carboxylic acids is 1. The van der Waals surface area contributed by atoms with Crippen molar-refractivity contribution in [3.05, 3.63) is 69.3 Å². The van der Waals surface area contributed by atoms with Gasteiger partial charge in [-0.3, -0.25) is 14.9 Å². The Morgan fingerprint density at radius 1 is 0.848 bits per heavy atom. The SMILES string of the molecule is COc1cc(OC)cc(C2=C([N+](=O)[O-])C(c3cc(OC)cc(OC)c3)=C(OC(C)=O)OC2)c1. The summed E-state index contributed by atoms with van der Waals surface area (Å²) in [4.78, 5) is 23.5. The van der Waals surface area contributed by atoms with Crippen LogP contribution >= 0.6 is 0 Å². The lowest BCUT2D eigenvalue weighted by molar-refractivity contribution is -0.416. The minimum atomic E-state index is -0.688.